The van der Waals surface area contributed by atoms with Crippen molar-refractivity contribution in [2.24, 2.45) is 5.73 Å². The molecule has 0 radical (unpaired) electrons. The average Bonchev–Trinajstić information content (AvgIpc) is 3.09. The van der Waals surface area contributed by atoms with E-state index in [0.29, 0.717) is 12.1 Å². The molecule has 1 amide bonds. The Balaban J connectivity index is 1.78. The van der Waals surface area contributed by atoms with Gasteiger partial charge in [0.1, 0.15) is 6.33 Å². The summed E-state index contributed by atoms with van der Waals surface area (Å²) in [5.74, 6) is 0.0495. The third-order valence-corrected chi connectivity index (χ3v) is 3.89. The number of likely N-dealkylation sites (tertiary alicyclic amines) is 1. The number of rotatable bonds is 3. The zero-order valence-electron chi connectivity index (χ0n) is 11.7. The molecule has 1 atom stereocenters. The summed E-state index contributed by atoms with van der Waals surface area (Å²) in [5, 5.41) is 11.0. The second kappa shape index (κ2) is 6.01. The molecule has 7 nitrogen and oxygen atoms in total. The molecule has 1 aliphatic heterocycles. The number of carbonyl (C=O) groups is 1. The highest BCUT2D eigenvalue weighted by atomic mass is 16.2. The van der Waals surface area contributed by atoms with Crippen molar-refractivity contribution in [1.29, 1.82) is 0 Å². The van der Waals surface area contributed by atoms with Crippen LogP contribution in [0, 0.1) is 0 Å². The lowest BCUT2D eigenvalue weighted by Gasteiger charge is -2.35. The van der Waals surface area contributed by atoms with Crippen molar-refractivity contribution in [3.8, 4) is 5.69 Å². The number of amides is 1. The van der Waals surface area contributed by atoms with Crippen LogP contribution in [-0.2, 0) is 0 Å². The molecule has 1 saturated heterocycles. The Morgan fingerprint density at radius 3 is 2.76 bits per heavy atom. The standard InChI is InChI=1S/C14H18N6O/c15-9-13-3-1-2-8-19(13)14(21)11-4-6-12(7-5-11)20-10-16-17-18-20/h4-7,10,13H,1-3,8-9,15H2. The third-order valence-electron chi connectivity index (χ3n) is 3.89. The number of aromatic nitrogens is 4. The van der Waals surface area contributed by atoms with Gasteiger partial charge in [0.05, 0.1) is 5.69 Å². The van der Waals surface area contributed by atoms with E-state index in [4.69, 9.17) is 5.73 Å². The van der Waals surface area contributed by atoms with Crippen molar-refractivity contribution in [1.82, 2.24) is 25.1 Å². The smallest absolute Gasteiger partial charge is 0.254 e. The third kappa shape index (κ3) is 2.78. The zero-order valence-corrected chi connectivity index (χ0v) is 11.7. The fraction of sp³-hybridized carbons (Fsp3) is 0.429. The maximum absolute atomic E-state index is 12.6. The molecule has 2 N–H and O–H groups in total. The van der Waals surface area contributed by atoms with Crippen LogP contribution in [-0.4, -0.2) is 50.1 Å². The highest BCUT2D eigenvalue weighted by Crippen LogP contribution is 2.19. The van der Waals surface area contributed by atoms with E-state index in [9.17, 15) is 4.79 Å². The Morgan fingerprint density at radius 1 is 1.29 bits per heavy atom. The van der Waals surface area contributed by atoms with Crippen molar-refractivity contribution in [3.63, 3.8) is 0 Å². The molecule has 7 heteroatoms. The Labute approximate surface area is 122 Å². The van der Waals surface area contributed by atoms with E-state index in [1.165, 1.54) is 6.33 Å². The van der Waals surface area contributed by atoms with E-state index in [1.807, 2.05) is 29.2 Å². The Bertz CT molecular complexity index is 594. The van der Waals surface area contributed by atoms with Gasteiger partial charge < -0.3 is 10.6 Å². The average molecular weight is 286 g/mol. The van der Waals surface area contributed by atoms with Crippen LogP contribution in [0.5, 0.6) is 0 Å². The molecule has 0 saturated carbocycles. The van der Waals surface area contributed by atoms with E-state index >= 15 is 0 Å². The van der Waals surface area contributed by atoms with Crippen molar-refractivity contribution >= 4 is 5.91 Å². The van der Waals surface area contributed by atoms with Gasteiger partial charge in [0.25, 0.3) is 5.91 Å². The molecular formula is C14H18N6O. The van der Waals surface area contributed by atoms with Crippen LogP contribution < -0.4 is 5.73 Å². The van der Waals surface area contributed by atoms with E-state index in [1.54, 1.807) is 4.68 Å². The molecule has 1 unspecified atom stereocenters. The van der Waals surface area contributed by atoms with E-state index in [2.05, 4.69) is 15.5 Å². The van der Waals surface area contributed by atoms with Crippen LogP contribution >= 0.6 is 0 Å². The van der Waals surface area contributed by atoms with Crippen LogP contribution in [0.25, 0.3) is 5.69 Å². The van der Waals surface area contributed by atoms with Crippen molar-refractivity contribution in [2.75, 3.05) is 13.1 Å². The minimum Gasteiger partial charge on any atom is -0.334 e. The largest absolute Gasteiger partial charge is 0.334 e. The first-order chi connectivity index (χ1) is 10.3. The van der Waals surface area contributed by atoms with Gasteiger partial charge in [-0.15, -0.1) is 5.10 Å². The summed E-state index contributed by atoms with van der Waals surface area (Å²) < 4.78 is 1.55. The van der Waals surface area contributed by atoms with Gasteiger partial charge in [-0.3, -0.25) is 4.79 Å². The normalized spacial score (nSPS) is 18.7. The second-order valence-corrected chi connectivity index (χ2v) is 5.19. The predicted molar refractivity (Wildman–Crippen MR) is 76.9 cm³/mol. The molecule has 3 rings (SSSR count). The monoisotopic (exact) mass is 286 g/mol. The lowest BCUT2D eigenvalue weighted by Crippen LogP contribution is -2.47. The summed E-state index contributed by atoms with van der Waals surface area (Å²) in [6.07, 6.45) is 4.70. The second-order valence-electron chi connectivity index (χ2n) is 5.19. The number of nitrogens with two attached hydrogens (primary N) is 1. The SMILES string of the molecule is NCC1CCCCN1C(=O)c1ccc(-n2cnnn2)cc1. The van der Waals surface area contributed by atoms with E-state index in [0.717, 1.165) is 31.5 Å². The summed E-state index contributed by atoms with van der Waals surface area (Å²) in [5.41, 5.74) is 7.28. The topological polar surface area (TPSA) is 89.9 Å². The first kappa shape index (κ1) is 13.7. The summed E-state index contributed by atoms with van der Waals surface area (Å²) in [7, 11) is 0. The minimum atomic E-state index is 0.0495. The summed E-state index contributed by atoms with van der Waals surface area (Å²) in [6, 6.07) is 7.45. The van der Waals surface area contributed by atoms with E-state index < -0.39 is 0 Å². The van der Waals surface area contributed by atoms with Crippen molar-refractivity contribution in [3.05, 3.63) is 36.2 Å². The number of benzene rings is 1. The molecule has 0 aliphatic carbocycles. The lowest BCUT2D eigenvalue weighted by molar-refractivity contribution is 0.0623. The van der Waals surface area contributed by atoms with Gasteiger partial charge in [-0.1, -0.05) is 0 Å². The number of carbonyl (C=O) groups excluding carboxylic acids is 1. The highest BCUT2D eigenvalue weighted by molar-refractivity contribution is 5.94. The molecule has 110 valence electrons. The lowest BCUT2D eigenvalue weighted by atomic mass is 10.0. The maximum atomic E-state index is 12.6. The first-order valence-electron chi connectivity index (χ1n) is 7.14. The first-order valence-corrected chi connectivity index (χ1v) is 7.14. The molecule has 21 heavy (non-hydrogen) atoms. The zero-order chi connectivity index (χ0) is 14.7. The number of nitrogens with zero attached hydrogens (tertiary/aromatic N) is 5. The van der Waals surface area contributed by atoms with Gasteiger partial charge in [-0.25, -0.2) is 4.68 Å². The number of piperidine rings is 1. The summed E-state index contributed by atoms with van der Waals surface area (Å²) in [4.78, 5) is 14.5. The summed E-state index contributed by atoms with van der Waals surface area (Å²) in [6.45, 7) is 1.31. The van der Waals surface area contributed by atoms with Gasteiger partial charge in [0, 0.05) is 24.7 Å². The van der Waals surface area contributed by atoms with Crippen LogP contribution in [0.4, 0.5) is 0 Å². The Kier molecular flexibility index (Phi) is 3.92. The highest BCUT2D eigenvalue weighted by Gasteiger charge is 2.26. The molecule has 1 fully saturated rings. The Hall–Kier alpha value is -2.28. The molecule has 0 bridgehead atoms. The predicted octanol–water partition coefficient (Wildman–Crippen LogP) is 0.616. The molecule has 1 aromatic heterocycles. The van der Waals surface area contributed by atoms with Gasteiger partial charge in [0.15, 0.2) is 0 Å². The molecule has 0 spiro atoms. The van der Waals surface area contributed by atoms with E-state index in [-0.39, 0.29) is 11.9 Å². The Morgan fingerprint density at radius 2 is 2.10 bits per heavy atom. The fourth-order valence-electron chi connectivity index (χ4n) is 2.72. The van der Waals surface area contributed by atoms with Gasteiger partial charge in [0.2, 0.25) is 0 Å². The van der Waals surface area contributed by atoms with Crippen LogP contribution in [0.1, 0.15) is 29.6 Å². The number of hydrogen-bond acceptors (Lipinski definition) is 5. The van der Waals surface area contributed by atoms with Crippen LogP contribution in [0.3, 0.4) is 0 Å². The van der Waals surface area contributed by atoms with Crippen LogP contribution in [0.15, 0.2) is 30.6 Å². The van der Waals surface area contributed by atoms with Gasteiger partial charge in [-0.2, -0.15) is 0 Å². The van der Waals surface area contributed by atoms with Gasteiger partial charge >= 0.3 is 0 Å². The molecule has 1 aromatic carbocycles. The minimum absolute atomic E-state index is 0.0495. The van der Waals surface area contributed by atoms with Crippen LogP contribution in [0.2, 0.25) is 0 Å². The number of tetrazole rings is 1. The maximum Gasteiger partial charge on any atom is 0.254 e. The summed E-state index contributed by atoms with van der Waals surface area (Å²) >= 11 is 0. The molecule has 2 aromatic rings. The molecular weight excluding hydrogens is 268 g/mol. The van der Waals surface area contributed by atoms with Gasteiger partial charge in [-0.05, 0) is 54.0 Å². The quantitative estimate of drug-likeness (QED) is 0.893. The molecule has 2 heterocycles. The molecule has 1 aliphatic rings. The fourth-order valence-corrected chi connectivity index (χ4v) is 2.72. The van der Waals surface area contributed by atoms with Crippen molar-refractivity contribution < 1.29 is 4.79 Å². The van der Waals surface area contributed by atoms with Crippen molar-refractivity contribution in [2.45, 2.75) is 25.3 Å². The number of hydrogen-bond donors (Lipinski definition) is 1.